The lowest BCUT2D eigenvalue weighted by Gasteiger charge is -2.46. The Bertz CT molecular complexity index is 1190. The van der Waals surface area contributed by atoms with Gasteiger partial charge >= 0.3 is 12.1 Å². The van der Waals surface area contributed by atoms with Crippen LogP contribution in [0.2, 0.25) is 0 Å². The number of hydrogen-bond acceptors (Lipinski definition) is 7. The van der Waals surface area contributed by atoms with E-state index >= 15 is 0 Å². The zero-order valence-electron chi connectivity index (χ0n) is 20.5. The van der Waals surface area contributed by atoms with Crippen LogP contribution in [0.15, 0.2) is 18.5 Å². The first-order valence-corrected chi connectivity index (χ1v) is 11.9. The Balaban J connectivity index is 0.000000405. The van der Waals surface area contributed by atoms with Crippen molar-refractivity contribution >= 4 is 23.7 Å². The molecule has 0 atom stereocenters. The molecule has 1 spiro atoms. The number of rotatable bonds is 2. The van der Waals surface area contributed by atoms with Crippen molar-refractivity contribution in [3.63, 3.8) is 0 Å². The van der Waals surface area contributed by atoms with Gasteiger partial charge in [0.2, 0.25) is 5.95 Å². The molecule has 0 bridgehead atoms. The Kier molecular flexibility index (Phi) is 7.11. The molecule has 0 aliphatic carbocycles. The monoisotopic (exact) mass is 523 g/mol. The van der Waals surface area contributed by atoms with Crippen molar-refractivity contribution in [2.24, 2.45) is 7.05 Å². The maximum atomic E-state index is 12.8. The lowest BCUT2D eigenvalue weighted by Crippen LogP contribution is -2.54. The lowest BCUT2D eigenvalue weighted by atomic mass is 9.71. The first-order valence-electron chi connectivity index (χ1n) is 11.9. The number of carbonyl (C=O) groups excluding carboxylic acids is 2. The van der Waals surface area contributed by atoms with Gasteiger partial charge in [-0.25, -0.2) is 14.8 Å². The molecule has 5 rings (SSSR count). The van der Waals surface area contributed by atoms with Crippen LogP contribution in [0.1, 0.15) is 52.2 Å². The molecule has 2 aromatic heterocycles. The van der Waals surface area contributed by atoms with Crippen LogP contribution < -0.4 is 4.90 Å². The number of aryl methyl sites for hydroxylation is 1. The van der Waals surface area contributed by atoms with Gasteiger partial charge in [-0.1, -0.05) is 0 Å². The molecule has 3 aliphatic rings. The molecular weight excluding hydrogens is 495 g/mol. The highest BCUT2D eigenvalue weighted by Gasteiger charge is 2.46. The van der Waals surface area contributed by atoms with Gasteiger partial charge in [0.1, 0.15) is 5.69 Å². The van der Waals surface area contributed by atoms with Crippen molar-refractivity contribution in [3.8, 4) is 0 Å². The third-order valence-electron chi connectivity index (χ3n) is 6.97. The normalized spacial score (nSPS) is 18.9. The minimum Gasteiger partial charge on any atom is -0.475 e. The number of aromatic nitrogens is 4. The van der Waals surface area contributed by atoms with Gasteiger partial charge < -0.3 is 19.8 Å². The van der Waals surface area contributed by atoms with Gasteiger partial charge in [-0.3, -0.25) is 14.3 Å². The number of carboxylic acids is 1. The van der Waals surface area contributed by atoms with Gasteiger partial charge in [0, 0.05) is 64.6 Å². The van der Waals surface area contributed by atoms with Crippen molar-refractivity contribution in [1.29, 1.82) is 0 Å². The molecule has 0 saturated carbocycles. The summed E-state index contributed by atoms with van der Waals surface area (Å²) in [4.78, 5) is 49.8. The zero-order chi connectivity index (χ0) is 27.0. The zero-order valence-corrected chi connectivity index (χ0v) is 20.5. The number of likely N-dealkylation sites (tertiary alicyclic amines) is 1. The third-order valence-corrected chi connectivity index (χ3v) is 6.97. The molecule has 0 unspecified atom stereocenters. The van der Waals surface area contributed by atoms with Crippen LogP contribution in [0, 0.1) is 0 Å². The molecule has 2 saturated heterocycles. The first-order chi connectivity index (χ1) is 17.4. The fraction of sp³-hybridized carbons (Fsp3) is 0.565. The second-order valence-electron chi connectivity index (χ2n) is 9.54. The summed E-state index contributed by atoms with van der Waals surface area (Å²) in [5.74, 6) is -2.08. The summed E-state index contributed by atoms with van der Waals surface area (Å²) >= 11 is 0. The highest BCUT2D eigenvalue weighted by Crippen LogP contribution is 2.41. The molecule has 37 heavy (non-hydrogen) atoms. The summed E-state index contributed by atoms with van der Waals surface area (Å²) in [5.41, 5.74) is 1.71. The lowest BCUT2D eigenvalue weighted by molar-refractivity contribution is -0.192. The van der Waals surface area contributed by atoms with E-state index in [4.69, 9.17) is 14.9 Å². The molecule has 1 N–H and O–H groups in total. The number of fused-ring (bicyclic) bond motifs is 2. The second kappa shape index (κ2) is 9.98. The topological polar surface area (TPSA) is 125 Å². The summed E-state index contributed by atoms with van der Waals surface area (Å²) in [7, 11) is 3.65. The standard InChI is InChI=1S/C21H27N7O2.C2HF3O2/c1-25-14-21(6-11-27(12-7-21)19(30)16-5-10-26(2)24-16)17-15(18(25)29)13-22-20(23-17)28-8-3-4-9-28;3-2(4,5)1(6)7/h5,10,13H,3-4,6-9,11-12,14H2,1-2H3;(H,6,7). The Labute approximate surface area is 210 Å². The molecule has 5 heterocycles. The number of carboxylic acid groups (broad SMARTS) is 1. The smallest absolute Gasteiger partial charge is 0.475 e. The first kappa shape index (κ1) is 26.4. The van der Waals surface area contributed by atoms with E-state index in [9.17, 15) is 22.8 Å². The SMILES string of the molecule is CN1CC2(CCN(C(=O)c3ccn(C)n3)CC2)c2nc(N3CCCC3)ncc2C1=O.O=C(O)C(F)(F)F. The number of alkyl halides is 3. The van der Waals surface area contributed by atoms with Crippen LogP contribution in [-0.2, 0) is 17.3 Å². The van der Waals surface area contributed by atoms with E-state index in [-0.39, 0.29) is 17.2 Å². The van der Waals surface area contributed by atoms with Gasteiger partial charge in [-0.15, -0.1) is 0 Å². The van der Waals surface area contributed by atoms with Gasteiger partial charge in [-0.2, -0.15) is 18.3 Å². The van der Waals surface area contributed by atoms with Gasteiger partial charge in [0.25, 0.3) is 11.8 Å². The molecule has 0 radical (unpaired) electrons. The average Bonchev–Trinajstić information content (AvgIpc) is 3.55. The Hall–Kier alpha value is -3.71. The Morgan fingerprint density at radius 2 is 1.70 bits per heavy atom. The van der Waals surface area contributed by atoms with Gasteiger partial charge in [0.05, 0.1) is 11.3 Å². The van der Waals surface area contributed by atoms with E-state index < -0.39 is 12.1 Å². The predicted octanol–water partition coefficient (Wildman–Crippen LogP) is 1.70. The number of halogens is 3. The van der Waals surface area contributed by atoms with Crippen LogP contribution in [0.3, 0.4) is 0 Å². The molecule has 11 nitrogen and oxygen atoms in total. The van der Waals surface area contributed by atoms with Crippen molar-refractivity contribution in [2.75, 3.05) is 44.7 Å². The third kappa shape index (κ3) is 5.37. The van der Waals surface area contributed by atoms with E-state index in [1.54, 1.807) is 28.0 Å². The maximum Gasteiger partial charge on any atom is 0.490 e. The number of carbonyl (C=O) groups is 3. The number of nitrogens with zero attached hydrogens (tertiary/aromatic N) is 7. The van der Waals surface area contributed by atoms with Crippen LogP contribution in [0.25, 0.3) is 0 Å². The number of likely N-dealkylation sites (N-methyl/N-ethyl adjacent to an activating group) is 1. The van der Waals surface area contributed by atoms with Gasteiger partial charge in [-0.05, 0) is 31.7 Å². The number of anilines is 1. The minimum absolute atomic E-state index is 0.0180. The maximum absolute atomic E-state index is 12.8. The largest absolute Gasteiger partial charge is 0.490 e. The van der Waals surface area contributed by atoms with E-state index in [1.165, 1.54) is 0 Å². The summed E-state index contributed by atoms with van der Waals surface area (Å²) in [6.45, 7) is 3.80. The highest BCUT2D eigenvalue weighted by molar-refractivity contribution is 5.97. The summed E-state index contributed by atoms with van der Waals surface area (Å²) in [6.07, 6.45) is 2.25. The predicted molar refractivity (Wildman–Crippen MR) is 124 cm³/mol. The fourth-order valence-corrected chi connectivity index (χ4v) is 5.03. The Morgan fingerprint density at radius 3 is 2.24 bits per heavy atom. The number of hydrogen-bond donors (Lipinski definition) is 1. The summed E-state index contributed by atoms with van der Waals surface area (Å²) in [5, 5.41) is 11.4. The molecule has 0 aromatic carbocycles. The van der Waals surface area contributed by atoms with Crippen LogP contribution >= 0.6 is 0 Å². The summed E-state index contributed by atoms with van der Waals surface area (Å²) in [6, 6.07) is 1.75. The van der Waals surface area contributed by atoms with Crippen molar-refractivity contribution in [1.82, 2.24) is 29.5 Å². The van der Waals surface area contributed by atoms with Crippen LogP contribution in [0.5, 0.6) is 0 Å². The fourth-order valence-electron chi connectivity index (χ4n) is 5.03. The van der Waals surface area contributed by atoms with Gasteiger partial charge in [0.15, 0.2) is 0 Å². The molecular formula is C23H28F3N7O4. The molecule has 2 amide bonds. The Morgan fingerprint density at radius 1 is 1.08 bits per heavy atom. The number of aliphatic carboxylic acids is 1. The minimum atomic E-state index is -5.08. The van der Waals surface area contributed by atoms with E-state index in [0.29, 0.717) is 30.9 Å². The van der Waals surface area contributed by atoms with Crippen LogP contribution in [-0.4, -0.2) is 98.4 Å². The van der Waals surface area contributed by atoms with E-state index in [0.717, 1.165) is 50.4 Å². The van der Waals surface area contributed by atoms with Crippen molar-refractivity contribution < 1.29 is 32.7 Å². The summed E-state index contributed by atoms with van der Waals surface area (Å²) < 4.78 is 33.4. The number of amides is 2. The molecule has 2 fully saturated rings. The van der Waals surface area contributed by atoms with E-state index in [1.807, 2.05) is 19.0 Å². The van der Waals surface area contributed by atoms with Crippen molar-refractivity contribution in [2.45, 2.75) is 37.3 Å². The van der Waals surface area contributed by atoms with Crippen LogP contribution in [0.4, 0.5) is 19.1 Å². The molecule has 3 aliphatic heterocycles. The average molecular weight is 524 g/mol. The highest BCUT2D eigenvalue weighted by atomic mass is 19.4. The second-order valence-corrected chi connectivity index (χ2v) is 9.54. The number of piperidine rings is 1. The quantitative estimate of drug-likeness (QED) is 0.631. The van der Waals surface area contributed by atoms with E-state index in [2.05, 4.69) is 15.0 Å². The molecule has 2 aromatic rings. The molecule has 14 heteroatoms. The molecule has 200 valence electrons. The van der Waals surface area contributed by atoms with Crippen molar-refractivity contribution in [3.05, 3.63) is 35.4 Å².